The van der Waals surface area contributed by atoms with Crippen LogP contribution in [0.3, 0.4) is 0 Å². The summed E-state index contributed by atoms with van der Waals surface area (Å²) in [6.45, 7) is 2.05. The third-order valence-electron chi connectivity index (χ3n) is 3.91. The molecule has 1 saturated heterocycles. The Hall–Kier alpha value is -2.50. The van der Waals surface area contributed by atoms with Crippen LogP contribution in [-0.4, -0.2) is 16.9 Å². The SMILES string of the molecule is CCc1ccc(N2C(=O)/C(=C/c3ccccc3Cl)C(=O)NC2=S)cc1. The minimum Gasteiger partial charge on any atom is -0.298 e. The molecule has 126 valence electrons. The van der Waals surface area contributed by atoms with Crippen LogP contribution in [0.1, 0.15) is 18.1 Å². The molecule has 2 aromatic rings. The number of thiocarbonyl (C=S) groups is 1. The second-order valence-corrected chi connectivity index (χ2v) is 6.29. The van der Waals surface area contributed by atoms with E-state index in [2.05, 4.69) is 12.2 Å². The summed E-state index contributed by atoms with van der Waals surface area (Å²) in [5.74, 6) is -1.01. The fourth-order valence-electron chi connectivity index (χ4n) is 2.52. The maximum absolute atomic E-state index is 12.9. The van der Waals surface area contributed by atoms with Crippen LogP contribution in [0.5, 0.6) is 0 Å². The number of hydrogen-bond acceptors (Lipinski definition) is 3. The zero-order chi connectivity index (χ0) is 18.0. The van der Waals surface area contributed by atoms with E-state index in [1.54, 1.807) is 24.3 Å². The van der Waals surface area contributed by atoms with E-state index in [0.717, 1.165) is 12.0 Å². The summed E-state index contributed by atoms with van der Waals surface area (Å²) in [6, 6.07) is 14.5. The maximum atomic E-state index is 12.9. The van der Waals surface area contributed by atoms with E-state index in [1.165, 1.54) is 11.0 Å². The fraction of sp³-hybridized carbons (Fsp3) is 0.105. The number of nitrogens with zero attached hydrogens (tertiary/aromatic N) is 1. The van der Waals surface area contributed by atoms with Gasteiger partial charge >= 0.3 is 0 Å². The van der Waals surface area contributed by atoms with Gasteiger partial charge in [-0.25, -0.2) is 0 Å². The van der Waals surface area contributed by atoms with E-state index < -0.39 is 11.8 Å². The third kappa shape index (κ3) is 3.48. The van der Waals surface area contributed by atoms with Crippen molar-refractivity contribution in [1.29, 1.82) is 0 Å². The van der Waals surface area contributed by atoms with Crippen molar-refractivity contribution in [3.8, 4) is 0 Å². The molecule has 0 aliphatic carbocycles. The minimum absolute atomic E-state index is 0.0127. The monoisotopic (exact) mass is 370 g/mol. The highest BCUT2D eigenvalue weighted by atomic mass is 35.5. The number of rotatable bonds is 3. The van der Waals surface area contributed by atoms with Crippen LogP contribution >= 0.6 is 23.8 Å². The van der Waals surface area contributed by atoms with Crippen molar-refractivity contribution >= 4 is 52.5 Å². The average Bonchev–Trinajstić information content (AvgIpc) is 2.60. The number of benzene rings is 2. The zero-order valence-electron chi connectivity index (χ0n) is 13.5. The number of anilines is 1. The highest BCUT2D eigenvalue weighted by Gasteiger charge is 2.34. The summed E-state index contributed by atoms with van der Waals surface area (Å²) >= 11 is 11.3. The van der Waals surface area contributed by atoms with E-state index in [4.69, 9.17) is 23.8 Å². The van der Waals surface area contributed by atoms with Crippen LogP contribution in [0.2, 0.25) is 5.02 Å². The number of carbonyl (C=O) groups excluding carboxylic acids is 2. The average molecular weight is 371 g/mol. The largest absolute Gasteiger partial charge is 0.298 e. The van der Waals surface area contributed by atoms with Crippen molar-refractivity contribution in [2.75, 3.05) is 4.90 Å². The number of aryl methyl sites for hydroxylation is 1. The first-order chi connectivity index (χ1) is 12.0. The standard InChI is InChI=1S/C19H15ClN2O2S/c1-2-12-7-9-14(10-8-12)22-18(24)15(17(23)21-19(22)25)11-13-5-3-4-6-16(13)20/h3-11H,2H2,1H3,(H,21,23,25)/b15-11+. The molecule has 0 unspecified atom stereocenters. The van der Waals surface area contributed by atoms with E-state index >= 15 is 0 Å². The van der Waals surface area contributed by atoms with Crippen LogP contribution in [0.4, 0.5) is 5.69 Å². The Morgan fingerprint density at radius 3 is 2.44 bits per heavy atom. The molecule has 0 radical (unpaired) electrons. The van der Waals surface area contributed by atoms with Crippen molar-refractivity contribution in [3.63, 3.8) is 0 Å². The lowest BCUT2D eigenvalue weighted by molar-refractivity contribution is -0.122. The van der Waals surface area contributed by atoms with Crippen LogP contribution in [0.15, 0.2) is 54.1 Å². The van der Waals surface area contributed by atoms with Gasteiger partial charge in [-0.1, -0.05) is 48.9 Å². The minimum atomic E-state index is -0.531. The van der Waals surface area contributed by atoms with E-state index in [-0.39, 0.29) is 10.7 Å². The molecule has 3 rings (SSSR count). The van der Waals surface area contributed by atoms with Gasteiger partial charge in [0.15, 0.2) is 5.11 Å². The van der Waals surface area contributed by atoms with Gasteiger partial charge in [0.05, 0.1) is 5.69 Å². The molecule has 1 aliphatic rings. The molecule has 4 nitrogen and oxygen atoms in total. The molecule has 2 aromatic carbocycles. The lowest BCUT2D eigenvalue weighted by atomic mass is 10.1. The first-order valence-corrected chi connectivity index (χ1v) is 8.55. The Morgan fingerprint density at radius 2 is 1.80 bits per heavy atom. The molecule has 1 fully saturated rings. The second-order valence-electron chi connectivity index (χ2n) is 5.50. The van der Waals surface area contributed by atoms with Gasteiger partial charge in [0.2, 0.25) is 0 Å². The predicted octanol–water partition coefficient (Wildman–Crippen LogP) is 3.73. The van der Waals surface area contributed by atoms with E-state index in [9.17, 15) is 9.59 Å². The smallest absolute Gasteiger partial charge is 0.270 e. The molecule has 1 heterocycles. The molecular formula is C19H15ClN2O2S. The van der Waals surface area contributed by atoms with Gasteiger partial charge in [0.1, 0.15) is 5.57 Å². The van der Waals surface area contributed by atoms with Crippen molar-refractivity contribution in [1.82, 2.24) is 5.32 Å². The molecule has 0 saturated carbocycles. The second kappa shape index (κ2) is 7.17. The predicted molar refractivity (Wildman–Crippen MR) is 103 cm³/mol. The lowest BCUT2D eigenvalue weighted by Gasteiger charge is -2.29. The lowest BCUT2D eigenvalue weighted by Crippen LogP contribution is -2.54. The van der Waals surface area contributed by atoms with Crippen LogP contribution < -0.4 is 10.2 Å². The van der Waals surface area contributed by atoms with Gasteiger partial charge < -0.3 is 0 Å². The molecule has 0 bridgehead atoms. The Bertz CT molecular complexity index is 891. The Balaban J connectivity index is 2.01. The molecule has 2 amide bonds. The summed E-state index contributed by atoms with van der Waals surface area (Å²) < 4.78 is 0. The Morgan fingerprint density at radius 1 is 1.12 bits per heavy atom. The van der Waals surface area contributed by atoms with Crippen LogP contribution in [0.25, 0.3) is 6.08 Å². The Kier molecular flexibility index (Phi) is 4.97. The fourth-order valence-corrected chi connectivity index (χ4v) is 2.99. The number of carbonyl (C=O) groups is 2. The normalized spacial score (nSPS) is 16.3. The quantitative estimate of drug-likeness (QED) is 0.508. The zero-order valence-corrected chi connectivity index (χ0v) is 15.0. The molecule has 25 heavy (non-hydrogen) atoms. The Labute approximate surface area is 156 Å². The van der Waals surface area contributed by atoms with Gasteiger partial charge in [-0.2, -0.15) is 0 Å². The van der Waals surface area contributed by atoms with Crippen molar-refractivity contribution < 1.29 is 9.59 Å². The highest BCUT2D eigenvalue weighted by molar-refractivity contribution is 7.80. The number of amides is 2. The molecule has 1 N–H and O–H groups in total. The highest BCUT2D eigenvalue weighted by Crippen LogP contribution is 2.24. The van der Waals surface area contributed by atoms with Gasteiger partial charge in [-0.3, -0.25) is 19.8 Å². The summed E-state index contributed by atoms with van der Waals surface area (Å²) in [6.07, 6.45) is 2.38. The number of nitrogens with one attached hydrogen (secondary N) is 1. The van der Waals surface area contributed by atoms with Crippen molar-refractivity contribution in [2.24, 2.45) is 0 Å². The molecule has 0 atom stereocenters. The van der Waals surface area contributed by atoms with Crippen molar-refractivity contribution in [3.05, 3.63) is 70.3 Å². The summed E-state index contributed by atoms with van der Waals surface area (Å²) in [7, 11) is 0. The molecule has 6 heteroatoms. The molecule has 1 aliphatic heterocycles. The van der Waals surface area contributed by atoms with Gasteiger partial charge in [-0.15, -0.1) is 0 Å². The van der Waals surface area contributed by atoms with Crippen molar-refractivity contribution in [2.45, 2.75) is 13.3 Å². The van der Waals surface area contributed by atoms with E-state index in [1.807, 2.05) is 24.3 Å². The summed E-state index contributed by atoms with van der Waals surface area (Å²) in [5.41, 5.74) is 2.34. The summed E-state index contributed by atoms with van der Waals surface area (Å²) in [4.78, 5) is 26.5. The van der Waals surface area contributed by atoms with Crippen LogP contribution in [0, 0.1) is 0 Å². The maximum Gasteiger partial charge on any atom is 0.270 e. The third-order valence-corrected chi connectivity index (χ3v) is 4.54. The molecular weight excluding hydrogens is 356 g/mol. The van der Waals surface area contributed by atoms with Gasteiger partial charge in [0, 0.05) is 5.02 Å². The number of halogens is 1. The number of hydrogen-bond donors (Lipinski definition) is 1. The topological polar surface area (TPSA) is 49.4 Å². The van der Waals surface area contributed by atoms with Gasteiger partial charge in [-0.05, 0) is 54.0 Å². The molecule has 0 spiro atoms. The van der Waals surface area contributed by atoms with Crippen LogP contribution in [-0.2, 0) is 16.0 Å². The first-order valence-electron chi connectivity index (χ1n) is 7.76. The first kappa shape index (κ1) is 17.3. The van der Waals surface area contributed by atoms with Gasteiger partial charge in [0.25, 0.3) is 11.8 Å². The molecule has 0 aromatic heterocycles. The van der Waals surface area contributed by atoms with E-state index in [0.29, 0.717) is 16.3 Å². The summed E-state index contributed by atoms with van der Waals surface area (Å²) in [5, 5.41) is 3.09.